The minimum absolute atomic E-state index is 0.0286. The Bertz CT molecular complexity index is 319. The van der Waals surface area contributed by atoms with E-state index in [9.17, 15) is 9.59 Å². The van der Waals surface area contributed by atoms with Gasteiger partial charge in [0.25, 0.3) is 0 Å². The molecule has 3 unspecified atom stereocenters. The summed E-state index contributed by atoms with van der Waals surface area (Å²) in [6.07, 6.45) is 1.59. The summed E-state index contributed by atoms with van der Waals surface area (Å²) in [6.45, 7) is 5.59. The van der Waals surface area contributed by atoms with Gasteiger partial charge in [0.2, 0.25) is 11.8 Å². The molecule has 2 fully saturated rings. The summed E-state index contributed by atoms with van der Waals surface area (Å²) in [5.41, 5.74) is 0. The molecule has 2 aliphatic rings. The molecule has 0 spiro atoms. The Labute approximate surface area is 101 Å². The smallest absolute Gasteiger partial charge is 0.242 e. The van der Waals surface area contributed by atoms with Gasteiger partial charge in [-0.3, -0.25) is 9.59 Å². The Hall–Kier alpha value is -1.10. The predicted molar refractivity (Wildman–Crippen MR) is 62.3 cm³/mol. The molecule has 5 heteroatoms. The van der Waals surface area contributed by atoms with E-state index in [2.05, 4.69) is 5.32 Å². The van der Waals surface area contributed by atoms with Crippen molar-refractivity contribution in [3.05, 3.63) is 0 Å². The molecule has 2 saturated heterocycles. The molecule has 0 aromatic rings. The molecule has 3 atom stereocenters. The average molecular weight is 240 g/mol. The van der Waals surface area contributed by atoms with Gasteiger partial charge in [-0.2, -0.15) is 0 Å². The maximum atomic E-state index is 12.3. The first-order valence-electron chi connectivity index (χ1n) is 6.33. The summed E-state index contributed by atoms with van der Waals surface area (Å²) in [6, 6.07) is -0.299. The van der Waals surface area contributed by atoms with Crippen molar-refractivity contribution in [3.8, 4) is 0 Å². The molecule has 2 heterocycles. The number of hydrogen-bond donors (Lipinski definition) is 1. The highest BCUT2D eigenvalue weighted by Crippen LogP contribution is 2.23. The van der Waals surface area contributed by atoms with E-state index >= 15 is 0 Å². The van der Waals surface area contributed by atoms with Crippen LogP contribution >= 0.6 is 0 Å². The van der Waals surface area contributed by atoms with E-state index in [1.165, 1.54) is 0 Å². The molecule has 0 aromatic carbocycles. The molecule has 17 heavy (non-hydrogen) atoms. The second-order valence-electron chi connectivity index (χ2n) is 4.82. The fourth-order valence-corrected chi connectivity index (χ4v) is 2.61. The maximum absolute atomic E-state index is 12.3. The van der Waals surface area contributed by atoms with Crippen molar-refractivity contribution >= 4 is 11.8 Å². The van der Waals surface area contributed by atoms with Crippen LogP contribution < -0.4 is 5.32 Å². The van der Waals surface area contributed by atoms with Crippen LogP contribution in [-0.4, -0.2) is 48.6 Å². The van der Waals surface area contributed by atoms with E-state index in [0.717, 1.165) is 6.42 Å². The fraction of sp³-hybridized carbons (Fsp3) is 0.833. The van der Waals surface area contributed by atoms with Crippen molar-refractivity contribution in [2.45, 2.75) is 38.8 Å². The minimum Gasteiger partial charge on any atom is -0.378 e. The monoisotopic (exact) mass is 240 g/mol. The quantitative estimate of drug-likeness (QED) is 0.747. The third-order valence-electron chi connectivity index (χ3n) is 3.55. The Morgan fingerprint density at radius 1 is 1.59 bits per heavy atom. The number of nitrogens with zero attached hydrogens (tertiary/aromatic N) is 1. The largest absolute Gasteiger partial charge is 0.378 e. The van der Waals surface area contributed by atoms with Gasteiger partial charge in [0, 0.05) is 13.1 Å². The molecule has 2 rings (SSSR count). The predicted octanol–water partition coefficient (Wildman–Crippen LogP) is 0.148. The number of nitrogens with one attached hydrogen (secondary N) is 1. The molecule has 0 aliphatic carbocycles. The van der Waals surface area contributed by atoms with Crippen molar-refractivity contribution in [2.24, 2.45) is 5.92 Å². The van der Waals surface area contributed by atoms with Gasteiger partial charge >= 0.3 is 0 Å². The van der Waals surface area contributed by atoms with Crippen LogP contribution in [-0.2, 0) is 14.3 Å². The van der Waals surface area contributed by atoms with Gasteiger partial charge in [-0.25, -0.2) is 0 Å². The SMILES string of the molecule is CCC1C(=O)NCCN1C(=O)C1COC(C)C1. The Morgan fingerprint density at radius 2 is 2.35 bits per heavy atom. The third-order valence-corrected chi connectivity index (χ3v) is 3.55. The molecule has 0 radical (unpaired) electrons. The first-order chi connectivity index (χ1) is 8.13. The first-order valence-corrected chi connectivity index (χ1v) is 6.33. The summed E-state index contributed by atoms with van der Waals surface area (Å²) < 4.78 is 5.43. The van der Waals surface area contributed by atoms with Crippen LogP contribution in [0.3, 0.4) is 0 Å². The molecular weight excluding hydrogens is 220 g/mol. The van der Waals surface area contributed by atoms with Crippen molar-refractivity contribution in [1.29, 1.82) is 0 Å². The number of piperazine rings is 1. The number of ether oxygens (including phenoxy) is 1. The molecular formula is C12H20N2O3. The standard InChI is InChI=1S/C12H20N2O3/c1-3-10-11(15)13-4-5-14(10)12(16)9-6-8(2)17-7-9/h8-10H,3-7H2,1-2H3,(H,13,15). The van der Waals surface area contributed by atoms with E-state index in [4.69, 9.17) is 4.74 Å². The van der Waals surface area contributed by atoms with Crippen molar-refractivity contribution < 1.29 is 14.3 Å². The van der Waals surface area contributed by atoms with E-state index in [1.807, 2.05) is 13.8 Å². The fourth-order valence-electron chi connectivity index (χ4n) is 2.61. The second-order valence-corrected chi connectivity index (χ2v) is 4.82. The highest BCUT2D eigenvalue weighted by molar-refractivity contribution is 5.89. The Morgan fingerprint density at radius 3 is 2.94 bits per heavy atom. The minimum atomic E-state index is -0.299. The Balaban J connectivity index is 2.04. The van der Waals surface area contributed by atoms with Gasteiger partial charge in [0.1, 0.15) is 6.04 Å². The average Bonchev–Trinajstić information content (AvgIpc) is 2.74. The van der Waals surface area contributed by atoms with E-state index in [1.54, 1.807) is 4.90 Å². The molecule has 2 amide bonds. The lowest BCUT2D eigenvalue weighted by Crippen LogP contribution is -2.58. The zero-order valence-electron chi connectivity index (χ0n) is 10.4. The summed E-state index contributed by atoms with van der Waals surface area (Å²) in [5, 5.41) is 2.80. The van der Waals surface area contributed by atoms with Crippen molar-refractivity contribution in [3.63, 3.8) is 0 Å². The van der Waals surface area contributed by atoms with Crippen LogP contribution in [0, 0.1) is 5.92 Å². The lowest BCUT2D eigenvalue weighted by molar-refractivity contribution is -0.146. The molecule has 2 aliphatic heterocycles. The topological polar surface area (TPSA) is 58.6 Å². The van der Waals surface area contributed by atoms with E-state index in [-0.39, 0.29) is 29.9 Å². The number of hydrogen-bond acceptors (Lipinski definition) is 3. The number of carbonyl (C=O) groups is 2. The molecule has 5 nitrogen and oxygen atoms in total. The van der Waals surface area contributed by atoms with Crippen LogP contribution in [0.5, 0.6) is 0 Å². The molecule has 96 valence electrons. The molecule has 0 saturated carbocycles. The lowest BCUT2D eigenvalue weighted by Gasteiger charge is -2.35. The van der Waals surface area contributed by atoms with Gasteiger partial charge < -0.3 is 15.0 Å². The summed E-state index contributed by atoms with van der Waals surface area (Å²) in [4.78, 5) is 25.7. The van der Waals surface area contributed by atoms with Gasteiger partial charge in [-0.05, 0) is 19.8 Å². The van der Waals surface area contributed by atoms with Crippen LogP contribution in [0.1, 0.15) is 26.7 Å². The highest BCUT2D eigenvalue weighted by atomic mass is 16.5. The number of amides is 2. The molecule has 1 N–H and O–H groups in total. The number of carbonyl (C=O) groups excluding carboxylic acids is 2. The van der Waals surface area contributed by atoms with Gasteiger partial charge in [-0.15, -0.1) is 0 Å². The van der Waals surface area contributed by atoms with Crippen LogP contribution in [0.2, 0.25) is 0 Å². The molecule has 0 aromatic heterocycles. The highest BCUT2D eigenvalue weighted by Gasteiger charge is 2.37. The summed E-state index contributed by atoms with van der Waals surface area (Å²) in [7, 11) is 0. The van der Waals surface area contributed by atoms with Crippen LogP contribution in [0.4, 0.5) is 0 Å². The van der Waals surface area contributed by atoms with E-state index < -0.39 is 0 Å². The van der Waals surface area contributed by atoms with Crippen LogP contribution in [0.15, 0.2) is 0 Å². The van der Waals surface area contributed by atoms with E-state index in [0.29, 0.717) is 26.1 Å². The van der Waals surface area contributed by atoms with Gasteiger partial charge in [-0.1, -0.05) is 6.92 Å². The zero-order valence-corrected chi connectivity index (χ0v) is 10.4. The zero-order chi connectivity index (χ0) is 12.4. The van der Waals surface area contributed by atoms with Crippen molar-refractivity contribution in [1.82, 2.24) is 10.2 Å². The third kappa shape index (κ3) is 2.44. The molecule has 0 bridgehead atoms. The first kappa shape index (κ1) is 12.4. The number of rotatable bonds is 2. The summed E-state index contributed by atoms with van der Waals surface area (Å²) in [5.74, 6) is -0.0138. The Kier molecular flexibility index (Phi) is 3.66. The lowest BCUT2D eigenvalue weighted by atomic mass is 10.0. The van der Waals surface area contributed by atoms with Gasteiger partial charge in [0.15, 0.2) is 0 Å². The van der Waals surface area contributed by atoms with Crippen LogP contribution in [0.25, 0.3) is 0 Å². The van der Waals surface area contributed by atoms with Gasteiger partial charge in [0.05, 0.1) is 18.6 Å². The second kappa shape index (κ2) is 5.04. The normalized spacial score (nSPS) is 33.6. The maximum Gasteiger partial charge on any atom is 0.242 e. The van der Waals surface area contributed by atoms with Crippen molar-refractivity contribution in [2.75, 3.05) is 19.7 Å². The summed E-state index contributed by atoms with van der Waals surface area (Å²) >= 11 is 0.